The fourth-order valence-electron chi connectivity index (χ4n) is 4.52. The maximum absolute atomic E-state index is 6.89. The first-order chi connectivity index (χ1) is 17.5. The maximum Gasteiger partial charge on any atom is 0.187 e. The summed E-state index contributed by atoms with van der Waals surface area (Å²) in [5.74, 6) is 0. The Morgan fingerprint density at radius 3 is 1.94 bits per heavy atom. The maximum atomic E-state index is 6.89. The molecule has 2 aromatic rings. The van der Waals surface area contributed by atoms with Crippen LogP contribution in [0.5, 0.6) is 0 Å². The van der Waals surface area contributed by atoms with E-state index >= 15 is 0 Å². The van der Waals surface area contributed by atoms with Gasteiger partial charge in [0.25, 0.3) is 0 Å². The van der Waals surface area contributed by atoms with E-state index in [1.807, 2.05) is 54.6 Å². The summed E-state index contributed by atoms with van der Waals surface area (Å²) in [4.78, 5) is 0. The summed E-state index contributed by atoms with van der Waals surface area (Å²) >= 11 is 0. The molecule has 5 nitrogen and oxygen atoms in total. The number of allylic oxidation sites excluding steroid dienone is 1. The van der Waals surface area contributed by atoms with E-state index < -0.39 is 26.8 Å². The minimum absolute atomic E-state index is 0.348. The van der Waals surface area contributed by atoms with Crippen molar-refractivity contribution in [2.45, 2.75) is 82.3 Å². The molecule has 0 amide bonds. The van der Waals surface area contributed by atoms with E-state index in [4.69, 9.17) is 23.4 Å². The highest BCUT2D eigenvalue weighted by molar-refractivity contribution is 6.71. The first kappa shape index (κ1) is 28.5. The van der Waals surface area contributed by atoms with Crippen LogP contribution < -0.4 is 0 Å². The Morgan fingerprint density at radius 1 is 0.833 bits per heavy atom. The molecule has 36 heavy (non-hydrogen) atoms. The van der Waals surface area contributed by atoms with Gasteiger partial charge in [-0.05, 0) is 36.7 Å². The average Bonchev–Trinajstić information content (AvgIpc) is 2.90. The Hall–Kier alpha value is -2.06. The minimum atomic E-state index is -2.04. The summed E-state index contributed by atoms with van der Waals surface area (Å²) in [5, 5.41) is 0. The van der Waals surface area contributed by atoms with Crippen LogP contribution in [0.4, 0.5) is 0 Å². The van der Waals surface area contributed by atoms with Gasteiger partial charge in [-0.1, -0.05) is 85.7 Å². The summed E-state index contributed by atoms with van der Waals surface area (Å²) in [6.45, 7) is 13.3. The first-order valence-electron chi connectivity index (χ1n) is 12.9. The van der Waals surface area contributed by atoms with Gasteiger partial charge < -0.3 is 23.4 Å². The Morgan fingerprint density at radius 2 is 1.42 bits per heavy atom. The molecule has 0 aromatic heterocycles. The second-order valence-corrected chi connectivity index (χ2v) is 14.1. The standard InChI is InChI=1S/C30H42O5Si/c1-6-8-9-16-21-36(4,5)35-27-26(7-2)34-30(31-3)29(33-23-25-19-14-11-15-20-25)28(27)32-22-24-17-12-10-13-18-24/h6-7,10-15,17-20,26-30H,1-2,8-9,16,21-23H2,3-5H3/t26-,27-,28+,29-,30+/m1/s1. The van der Waals surface area contributed by atoms with Crippen molar-refractivity contribution in [1.29, 1.82) is 0 Å². The van der Waals surface area contributed by atoms with Crippen LogP contribution in [-0.2, 0) is 36.6 Å². The van der Waals surface area contributed by atoms with E-state index in [1.54, 1.807) is 13.2 Å². The lowest BCUT2D eigenvalue weighted by Crippen LogP contribution is -2.62. The minimum Gasteiger partial charge on any atom is -0.409 e. The second kappa shape index (κ2) is 14.6. The lowest BCUT2D eigenvalue weighted by molar-refractivity contribution is -0.299. The van der Waals surface area contributed by atoms with Crippen LogP contribution in [0.2, 0.25) is 19.1 Å². The number of benzene rings is 2. The van der Waals surface area contributed by atoms with Crippen molar-refractivity contribution in [3.8, 4) is 0 Å². The van der Waals surface area contributed by atoms with Gasteiger partial charge in [-0.25, -0.2) is 0 Å². The van der Waals surface area contributed by atoms with Crippen LogP contribution in [0.3, 0.4) is 0 Å². The summed E-state index contributed by atoms with van der Waals surface area (Å²) in [5.41, 5.74) is 2.17. The molecule has 6 heteroatoms. The molecule has 0 bridgehead atoms. The summed E-state index contributed by atoms with van der Waals surface area (Å²) in [6, 6.07) is 21.3. The number of hydrogen-bond acceptors (Lipinski definition) is 5. The molecule has 1 heterocycles. The lowest BCUT2D eigenvalue weighted by Gasteiger charge is -2.47. The number of hydrogen-bond donors (Lipinski definition) is 0. The van der Waals surface area contributed by atoms with Gasteiger partial charge in [0.15, 0.2) is 14.6 Å². The molecule has 5 atom stereocenters. The highest BCUT2D eigenvalue weighted by atomic mass is 28.4. The zero-order valence-corrected chi connectivity index (χ0v) is 23.0. The molecule has 1 saturated heterocycles. The van der Waals surface area contributed by atoms with Gasteiger partial charge in [-0.2, -0.15) is 0 Å². The molecule has 3 rings (SSSR count). The smallest absolute Gasteiger partial charge is 0.187 e. The van der Waals surface area contributed by atoms with Crippen molar-refractivity contribution >= 4 is 8.32 Å². The molecular formula is C30H42O5Si. The van der Waals surface area contributed by atoms with E-state index in [0.717, 1.165) is 36.4 Å². The fourth-order valence-corrected chi connectivity index (χ4v) is 6.74. The SMILES string of the molecule is C=CCCCC[Si](C)(C)O[C@H]1[C@H](OCc2ccccc2)[C@@H](OCc2ccccc2)[C@@H](OC)O[C@@H]1C=C. The quantitative estimate of drug-likeness (QED) is 0.152. The topological polar surface area (TPSA) is 46.2 Å². The molecule has 0 saturated carbocycles. The van der Waals surface area contributed by atoms with Crippen molar-refractivity contribution in [3.63, 3.8) is 0 Å². The van der Waals surface area contributed by atoms with Crippen LogP contribution in [0.25, 0.3) is 0 Å². The van der Waals surface area contributed by atoms with Crippen molar-refractivity contribution in [3.05, 3.63) is 97.1 Å². The third-order valence-electron chi connectivity index (χ3n) is 6.46. The molecule has 0 unspecified atom stereocenters. The number of unbranched alkanes of at least 4 members (excludes halogenated alkanes) is 2. The van der Waals surface area contributed by atoms with E-state index in [9.17, 15) is 0 Å². The third kappa shape index (κ3) is 8.51. The fraction of sp³-hybridized carbons (Fsp3) is 0.467. The van der Waals surface area contributed by atoms with Gasteiger partial charge in [-0.15, -0.1) is 13.2 Å². The average molecular weight is 511 g/mol. The van der Waals surface area contributed by atoms with E-state index in [0.29, 0.717) is 13.2 Å². The monoisotopic (exact) mass is 510 g/mol. The Balaban J connectivity index is 1.83. The van der Waals surface area contributed by atoms with E-state index in [2.05, 4.69) is 38.4 Å². The zero-order valence-electron chi connectivity index (χ0n) is 22.0. The largest absolute Gasteiger partial charge is 0.409 e. The second-order valence-electron chi connectivity index (χ2n) is 9.84. The molecule has 196 valence electrons. The van der Waals surface area contributed by atoms with Crippen LogP contribution >= 0.6 is 0 Å². The van der Waals surface area contributed by atoms with Crippen LogP contribution in [0, 0.1) is 0 Å². The first-order valence-corrected chi connectivity index (χ1v) is 16.0. The van der Waals surface area contributed by atoms with Crippen molar-refractivity contribution in [2.24, 2.45) is 0 Å². The summed E-state index contributed by atoms with van der Waals surface area (Å²) in [6.07, 6.45) is 4.86. The molecular weight excluding hydrogens is 468 g/mol. The molecule has 1 fully saturated rings. The third-order valence-corrected chi connectivity index (χ3v) is 8.93. The molecule has 1 aliphatic heterocycles. The highest BCUT2D eigenvalue weighted by Gasteiger charge is 2.49. The molecule has 1 aliphatic rings. The predicted octanol–water partition coefficient (Wildman–Crippen LogP) is 6.66. The molecule has 0 aliphatic carbocycles. The van der Waals surface area contributed by atoms with Gasteiger partial charge >= 0.3 is 0 Å². The summed E-state index contributed by atoms with van der Waals surface area (Å²) < 4.78 is 32.0. The van der Waals surface area contributed by atoms with Crippen LogP contribution in [0.1, 0.15) is 30.4 Å². The Labute approximate surface area is 218 Å². The normalized spacial score (nSPS) is 24.4. The van der Waals surface area contributed by atoms with Gasteiger partial charge in [0.2, 0.25) is 0 Å². The van der Waals surface area contributed by atoms with Crippen LogP contribution in [0.15, 0.2) is 86.0 Å². The van der Waals surface area contributed by atoms with Crippen LogP contribution in [-0.4, -0.2) is 46.1 Å². The Kier molecular flexibility index (Phi) is 11.6. The number of rotatable bonds is 15. The predicted molar refractivity (Wildman–Crippen MR) is 147 cm³/mol. The van der Waals surface area contributed by atoms with Gasteiger partial charge in [0, 0.05) is 7.11 Å². The Bertz CT molecular complexity index is 904. The van der Waals surface area contributed by atoms with Gasteiger partial charge in [0.05, 0.1) is 13.2 Å². The van der Waals surface area contributed by atoms with Gasteiger partial charge in [-0.3, -0.25) is 0 Å². The van der Waals surface area contributed by atoms with Gasteiger partial charge in [0.1, 0.15) is 24.4 Å². The molecule has 2 aromatic carbocycles. The molecule has 0 N–H and O–H groups in total. The number of ether oxygens (including phenoxy) is 4. The van der Waals surface area contributed by atoms with Crippen molar-refractivity contribution in [2.75, 3.05) is 7.11 Å². The van der Waals surface area contributed by atoms with E-state index in [1.165, 1.54) is 0 Å². The van der Waals surface area contributed by atoms with Crippen molar-refractivity contribution in [1.82, 2.24) is 0 Å². The molecule has 0 spiro atoms. The number of methoxy groups -OCH3 is 1. The lowest BCUT2D eigenvalue weighted by atomic mass is 9.98. The highest BCUT2D eigenvalue weighted by Crippen LogP contribution is 2.33. The zero-order chi connectivity index (χ0) is 25.8. The molecule has 0 radical (unpaired) electrons. The van der Waals surface area contributed by atoms with E-state index in [-0.39, 0.29) is 12.2 Å². The van der Waals surface area contributed by atoms with Crippen molar-refractivity contribution < 1.29 is 23.4 Å². The summed E-state index contributed by atoms with van der Waals surface area (Å²) in [7, 11) is -0.400.